The van der Waals surface area contributed by atoms with Gasteiger partial charge in [0.1, 0.15) is 0 Å². The summed E-state index contributed by atoms with van der Waals surface area (Å²) < 4.78 is 0. The minimum atomic E-state index is 0.428. The van der Waals surface area contributed by atoms with Crippen molar-refractivity contribution in [3.8, 4) is 0 Å². The Morgan fingerprint density at radius 3 is 2.22 bits per heavy atom. The molecule has 2 N–H and O–H groups in total. The summed E-state index contributed by atoms with van der Waals surface area (Å²) in [5, 5.41) is 0.847. The van der Waals surface area contributed by atoms with Gasteiger partial charge in [-0.05, 0) is 73.0 Å². The molecule has 4 saturated carbocycles. The third kappa shape index (κ3) is 1.50. The molecule has 0 aromatic heterocycles. The van der Waals surface area contributed by atoms with Gasteiger partial charge in [0.15, 0.2) is 0 Å². The summed E-state index contributed by atoms with van der Waals surface area (Å²) in [6.07, 6.45) is 6.76. The molecule has 0 heterocycles. The molecule has 5 rings (SSSR count). The Morgan fingerprint density at radius 2 is 1.61 bits per heavy atom. The summed E-state index contributed by atoms with van der Waals surface area (Å²) >= 11 is 6.02. The van der Waals surface area contributed by atoms with Crippen molar-refractivity contribution < 1.29 is 0 Å². The molecular weight excluding hydrogens is 242 g/mol. The highest BCUT2D eigenvalue weighted by atomic mass is 35.5. The lowest BCUT2D eigenvalue weighted by Crippen LogP contribution is -2.58. The molecule has 0 spiro atoms. The summed E-state index contributed by atoms with van der Waals surface area (Å²) in [5.74, 6) is 2.47. The van der Waals surface area contributed by atoms with E-state index in [-0.39, 0.29) is 0 Å². The molecule has 1 aromatic rings. The zero-order chi connectivity index (χ0) is 12.3. The topological polar surface area (TPSA) is 26.0 Å². The van der Waals surface area contributed by atoms with Gasteiger partial charge in [0.05, 0.1) is 0 Å². The van der Waals surface area contributed by atoms with Crippen LogP contribution in [0.5, 0.6) is 0 Å². The Morgan fingerprint density at radius 1 is 1.00 bits per heavy atom. The van der Waals surface area contributed by atoms with Crippen molar-refractivity contribution in [1.82, 2.24) is 0 Å². The average Bonchev–Trinajstić information content (AvgIpc) is 2.35. The molecule has 4 aliphatic carbocycles. The van der Waals surface area contributed by atoms with Crippen LogP contribution >= 0.6 is 11.6 Å². The maximum Gasteiger partial charge on any atom is 0.0406 e. The molecule has 2 unspecified atom stereocenters. The van der Waals surface area contributed by atoms with Gasteiger partial charge in [0, 0.05) is 11.1 Å². The van der Waals surface area contributed by atoms with Crippen molar-refractivity contribution in [3.05, 3.63) is 34.9 Å². The fourth-order valence-electron chi connectivity index (χ4n) is 5.22. The predicted octanol–water partition coefficient (Wildman–Crippen LogP) is 3.75. The molecule has 4 fully saturated rings. The Hall–Kier alpha value is -0.530. The van der Waals surface area contributed by atoms with Crippen LogP contribution in [0, 0.1) is 17.8 Å². The zero-order valence-electron chi connectivity index (χ0n) is 10.6. The summed E-state index contributed by atoms with van der Waals surface area (Å²) in [6.45, 7) is 0. The molecule has 2 atom stereocenters. The van der Waals surface area contributed by atoms with Gasteiger partial charge in [-0.2, -0.15) is 0 Å². The first-order chi connectivity index (χ1) is 8.66. The van der Waals surface area contributed by atoms with Gasteiger partial charge in [0.2, 0.25) is 0 Å². The van der Waals surface area contributed by atoms with E-state index in [1.165, 1.54) is 37.7 Å². The van der Waals surface area contributed by atoms with Crippen LogP contribution in [-0.4, -0.2) is 6.04 Å². The van der Waals surface area contributed by atoms with Gasteiger partial charge in [-0.1, -0.05) is 23.7 Å². The molecule has 0 saturated heterocycles. The smallest absolute Gasteiger partial charge is 0.0406 e. The molecule has 18 heavy (non-hydrogen) atoms. The van der Waals surface area contributed by atoms with Crippen LogP contribution in [0.4, 0.5) is 0 Å². The van der Waals surface area contributed by atoms with Crippen LogP contribution in [0.3, 0.4) is 0 Å². The van der Waals surface area contributed by atoms with Gasteiger partial charge in [-0.3, -0.25) is 0 Å². The standard InChI is InChI=1S/C16H20ClN/c17-14-3-1-13(2-4-14)16-7-10-5-11(8-16)15(18)12(6-10)9-16/h1-4,10-12,15H,5-9,18H2. The molecule has 1 nitrogen and oxygen atoms in total. The second-order valence-electron chi connectivity index (χ2n) is 6.83. The van der Waals surface area contributed by atoms with E-state index < -0.39 is 0 Å². The number of halogens is 1. The van der Waals surface area contributed by atoms with Crippen molar-refractivity contribution in [2.75, 3.05) is 0 Å². The van der Waals surface area contributed by atoms with Crippen LogP contribution in [0.1, 0.15) is 37.7 Å². The predicted molar refractivity (Wildman–Crippen MR) is 74.7 cm³/mol. The van der Waals surface area contributed by atoms with Crippen molar-refractivity contribution >= 4 is 11.6 Å². The third-order valence-corrected chi connectivity index (χ3v) is 6.05. The van der Waals surface area contributed by atoms with E-state index in [1.54, 1.807) is 0 Å². The van der Waals surface area contributed by atoms with Crippen molar-refractivity contribution in [2.45, 2.75) is 43.6 Å². The van der Waals surface area contributed by atoms with E-state index in [2.05, 4.69) is 24.3 Å². The first-order valence-electron chi connectivity index (χ1n) is 7.18. The second-order valence-corrected chi connectivity index (χ2v) is 7.27. The maximum absolute atomic E-state index is 6.41. The second kappa shape index (κ2) is 3.74. The zero-order valence-corrected chi connectivity index (χ0v) is 11.4. The molecular formula is C16H20ClN. The summed E-state index contributed by atoms with van der Waals surface area (Å²) in [5.41, 5.74) is 8.35. The van der Waals surface area contributed by atoms with Crippen LogP contribution in [0.25, 0.3) is 0 Å². The molecule has 0 aliphatic heterocycles. The van der Waals surface area contributed by atoms with Gasteiger partial charge >= 0.3 is 0 Å². The van der Waals surface area contributed by atoms with E-state index in [0.717, 1.165) is 22.8 Å². The SMILES string of the molecule is NC1C2CC3CC1CC(c1ccc(Cl)cc1)(C3)C2. The van der Waals surface area contributed by atoms with Crippen LogP contribution in [0.2, 0.25) is 5.02 Å². The summed E-state index contributed by atoms with van der Waals surface area (Å²) in [7, 11) is 0. The minimum absolute atomic E-state index is 0.428. The van der Waals surface area contributed by atoms with Crippen LogP contribution in [-0.2, 0) is 5.41 Å². The van der Waals surface area contributed by atoms with Gasteiger partial charge in [-0.25, -0.2) is 0 Å². The highest BCUT2D eigenvalue weighted by Gasteiger charge is 2.54. The van der Waals surface area contributed by atoms with Gasteiger partial charge in [-0.15, -0.1) is 0 Å². The van der Waals surface area contributed by atoms with Crippen molar-refractivity contribution in [3.63, 3.8) is 0 Å². The lowest BCUT2D eigenvalue weighted by atomic mass is 9.46. The van der Waals surface area contributed by atoms with Crippen LogP contribution < -0.4 is 5.73 Å². The largest absolute Gasteiger partial charge is 0.327 e. The van der Waals surface area contributed by atoms with Crippen LogP contribution in [0.15, 0.2) is 24.3 Å². The minimum Gasteiger partial charge on any atom is -0.327 e. The Bertz CT molecular complexity index is 450. The van der Waals surface area contributed by atoms with Crippen molar-refractivity contribution in [2.24, 2.45) is 23.5 Å². The fourth-order valence-corrected chi connectivity index (χ4v) is 5.35. The first-order valence-corrected chi connectivity index (χ1v) is 7.56. The molecule has 1 aromatic carbocycles. The quantitative estimate of drug-likeness (QED) is 0.819. The highest BCUT2D eigenvalue weighted by molar-refractivity contribution is 6.30. The van der Waals surface area contributed by atoms with E-state index in [4.69, 9.17) is 17.3 Å². The van der Waals surface area contributed by atoms with Gasteiger partial charge < -0.3 is 5.73 Å². The molecule has 4 bridgehead atoms. The van der Waals surface area contributed by atoms with Gasteiger partial charge in [0.25, 0.3) is 0 Å². The van der Waals surface area contributed by atoms with E-state index in [9.17, 15) is 0 Å². The lowest BCUT2D eigenvalue weighted by molar-refractivity contribution is -0.0226. The molecule has 96 valence electrons. The van der Waals surface area contributed by atoms with Crippen molar-refractivity contribution in [1.29, 1.82) is 0 Å². The maximum atomic E-state index is 6.41. The number of hydrogen-bond donors (Lipinski definition) is 1. The fraction of sp³-hybridized carbons (Fsp3) is 0.625. The third-order valence-electron chi connectivity index (χ3n) is 5.80. The summed E-state index contributed by atoms with van der Waals surface area (Å²) in [4.78, 5) is 0. The van der Waals surface area contributed by atoms with E-state index in [1.807, 2.05) is 0 Å². The van der Waals surface area contributed by atoms with E-state index >= 15 is 0 Å². The molecule has 2 heteroatoms. The number of benzene rings is 1. The Balaban J connectivity index is 1.74. The normalized spacial score (nSPS) is 45.4. The monoisotopic (exact) mass is 261 g/mol. The number of rotatable bonds is 1. The number of nitrogens with two attached hydrogens (primary N) is 1. The Labute approximate surface area is 114 Å². The lowest BCUT2D eigenvalue weighted by Gasteiger charge is -2.59. The Kier molecular flexibility index (Phi) is 2.35. The average molecular weight is 262 g/mol. The molecule has 0 amide bonds. The van der Waals surface area contributed by atoms with E-state index in [0.29, 0.717) is 11.5 Å². The number of hydrogen-bond acceptors (Lipinski definition) is 1. The molecule has 0 radical (unpaired) electrons. The molecule has 4 aliphatic rings. The highest BCUT2D eigenvalue weighted by Crippen LogP contribution is 2.60. The first kappa shape index (κ1) is 11.3. The summed E-state index contributed by atoms with van der Waals surface area (Å²) in [6, 6.07) is 9.08.